The molecule has 3 heteroatoms. The molecule has 0 fully saturated rings. The quantitative estimate of drug-likeness (QED) is 0.532. The van der Waals surface area contributed by atoms with Crippen LogP contribution in [0.5, 0.6) is 0 Å². The Labute approximate surface area is 55.6 Å². The summed E-state index contributed by atoms with van der Waals surface area (Å²) in [6, 6.07) is 0. The molecule has 3 nitrogen and oxygen atoms in total. The maximum atomic E-state index is 10.9. The highest BCUT2D eigenvalue weighted by atomic mass is 16.5. The van der Waals surface area contributed by atoms with Crippen molar-refractivity contribution in [2.24, 2.45) is 0 Å². The fourth-order valence-corrected chi connectivity index (χ4v) is 0.464. The van der Waals surface area contributed by atoms with Crippen molar-refractivity contribution in [3.63, 3.8) is 0 Å². The van der Waals surface area contributed by atoms with Gasteiger partial charge in [-0.2, -0.15) is 0 Å². The minimum absolute atomic E-state index is 0.00231. The van der Waals surface area contributed by atoms with Crippen molar-refractivity contribution in [1.29, 1.82) is 0 Å². The zero-order valence-corrected chi connectivity index (χ0v) is 6.34. The molecule has 0 bridgehead atoms. The Kier molecular flexibility index (Phi) is 3.24. The van der Waals surface area contributed by atoms with Crippen LogP contribution in [0, 0.1) is 0 Å². The maximum Gasteiger partial charge on any atom is 0.250 e. The van der Waals surface area contributed by atoms with E-state index in [0.717, 1.165) is 0 Å². The Morgan fingerprint density at radius 1 is 1.56 bits per heavy atom. The fourth-order valence-electron chi connectivity index (χ4n) is 0.464. The molecule has 0 saturated heterocycles. The van der Waals surface area contributed by atoms with Crippen LogP contribution in [0.2, 0.25) is 0 Å². The molecular formula is C6H13NO2. The van der Waals surface area contributed by atoms with Crippen LogP contribution in [0.1, 0.15) is 6.92 Å². The van der Waals surface area contributed by atoms with Crippen LogP contribution in [0.3, 0.4) is 0 Å². The lowest BCUT2D eigenvalue weighted by Crippen LogP contribution is -2.32. The highest BCUT2D eigenvalue weighted by Crippen LogP contribution is 1.91. The topological polar surface area (TPSA) is 29.5 Å². The van der Waals surface area contributed by atoms with Gasteiger partial charge in [0.15, 0.2) is 0 Å². The summed E-state index contributed by atoms with van der Waals surface area (Å²) in [5, 5.41) is 0. The summed E-state index contributed by atoms with van der Waals surface area (Å²) >= 11 is 0. The summed E-state index contributed by atoms with van der Waals surface area (Å²) in [6.45, 7) is 1.72. The monoisotopic (exact) mass is 131 g/mol. The third kappa shape index (κ3) is 2.46. The van der Waals surface area contributed by atoms with Gasteiger partial charge in [-0.05, 0) is 6.92 Å². The lowest BCUT2D eigenvalue weighted by atomic mass is 10.4. The van der Waals surface area contributed by atoms with Gasteiger partial charge < -0.3 is 9.64 Å². The molecule has 0 rings (SSSR count). The van der Waals surface area contributed by atoms with E-state index in [0.29, 0.717) is 0 Å². The normalized spacial score (nSPS) is 12.9. The first-order chi connectivity index (χ1) is 4.09. The number of carbonyl (C=O) groups excluding carboxylic acids is 1. The number of methoxy groups -OCH3 is 1. The molecule has 0 aromatic carbocycles. The molecule has 0 aromatic heterocycles. The van der Waals surface area contributed by atoms with Crippen LogP contribution in [0.15, 0.2) is 0 Å². The molecule has 1 atom stereocenters. The van der Waals surface area contributed by atoms with E-state index in [4.69, 9.17) is 4.74 Å². The molecule has 0 saturated carbocycles. The molecule has 54 valence electrons. The van der Waals surface area contributed by atoms with E-state index in [1.54, 1.807) is 21.0 Å². The Morgan fingerprint density at radius 2 is 2.00 bits per heavy atom. The number of rotatable bonds is 2. The molecule has 1 unspecified atom stereocenters. The van der Waals surface area contributed by atoms with Crippen molar-refractivity contribution in [2.75, 3.05) is 21.2 Å². The molecule has 0 aliphatic heterocycles. The number of hydrogen-bond donors (Lipinski definition) is 0. The number of carbonyl (C=O) groups is 1. The van der Waals surface area contributed by atoms with Gasteiger partial charge in [-0.15, -0.1) is 0 Å². The Balaban J connectivity index is 3.73. The van der Waals surface area contributed by atoms with Crippen molar-refractivity contribution in [3.8, 4) is 0 Å². The van der Waals surface area contributed by atoms with E-state index in [2.05, 4.69) is 0 Å². The zero-order chi connectivity index (χ0) is 7.44. The maximum absolute atomic E-state index is 10.9. The fraction of sp³-hybridized carbons (Fsp3) is 0.833. The summed E-state index contributed by atoms with van der Waals surface area (Å²) in [6.07, 6.45) is -0.319. The molecule has 0 aromatic rings. The van der Waals surface area contributed by atoms with Gasteiger partial charge in [-0.25, -0.2) is 0 Å². The first-order valence-electron chi connectivity index (χ1n) is 2.83. The number of amides is 1. The third-order valence-corrected chi connectivity index (χ3v) is 1.14. The van der Waals surface area contributed by atoms with Crippen LogP contribution in [-0.4, -0.2) is 38.1 Å². The predicted octanol–water partition coefficient (Wildman–Crippen LogP) is 0.109. The second-order valence-corrected chi connectivity index (χ2v) is 2.11. The molecule has 0 aliphatic rings. The molecule has 0 aliphatic carbocycles. The smallest absolute Gasteiger partial charge is 0.250 e. The molecule has 0 radical (unpaired) electrons. The van der Waals surface area contributed by atoms with Crippen LogP contribution < -0.4 is 0 Å². The standard InChI is InChI=1S/C6H13NO2/c1-5(9-4)6(8)7(2)3/h5H,1-4H3. The largest absolute Gasteiger partial charge is 0.372 e. The molecule has 0 heterocycles. The van der Waals surface area contributed by atoms with E-state index in [9.17, 15) is 4.79 Å². The van der Waals surface area contributed by atoms with E-state index >= 15 is 0 Å². The van der Waals surface area contributed by atoms with E-state index in [-0.39, 0.29) is 12.0 Å². The highest BCUT2D eigenvalue weighted by Gasteiger charge is 2.12. The van der Waals surface area contributed by atoms with Gasteiger partial charge >= 0.3 is 0 Å². The second-order valence-electron chi connectivity index (χ2n) is 2.11. The van der Waals surface area contributed by atoms with Crippen molar-refractivity contribution in [3.05, 3.63) is 0 Å². The Bertz CT molecular complexity index is 101. The van der Waals surface area contributed by atoms with Crippen LogP contribution >= 0.6 is 0 Å². The van der Waals surface area contributed by atoms with Crippen LogP contribution in [-0.2, 0) is 9.53 Å². The summed E-state index contributed by atoms with van der Waals surface area (Å²) in [4.78, 5) is 12.4. The molecule has 0 N–H and O–H groups in total. The summed E-state index contributed by atoms with van der Waals surface area (Å²) in [7, 11) is 4.93. The number of ether oxygens (including phenoxy) is 1. The highest BCUT2D eigenvalue weighted by molar-refractivity contribution is 5.79. The molecule has 1 amide bonds. The SMILES string of the molecule is COC(C)C(=O)N(C)C. The summed E-state index contributed by atoms with van der Waals surface area (Å²) in [5.41, 5.74) is 0. The zero-order valence-electron chi connectivity index (χ0n) is 6.34. The van der Waals surface area contributed by atoms with Gasteiger partial charge in [0.2, 0.25) is 0 Å². The van der Waals surface area contributed by atoms with Gasteiger partial charge in [0.1, 0.15) is 6.10 Å². The first-order valence-corrected chi connectivity index (χ1v) is 2.83. The van der Waals surface area contributed by atoms with Gasteiger partial charge in [-0.3, -0.25) is 4.79 Å². The summed E-state index contributed by atoms with van der Waals surface area (Å²) < 4.78 is 4.78. The average molecular weight is 131 g/mol. The minimum Gasteiger partial charge on any atom is -0.372 e. The number of nitrogens with zero attached hydrogens (tertiary/aromatic N) is 1. The minimum atomic E-state index is -0.319. The molecule has 9 heavy (non-hydrogen) atoms. The van der Waals surface area contributed by atoms with Crippen LogP contribution in [0.25, 0.3) is 0 Å². The van der Waals surface area contributed by atoms with Gasteiger partial charge in [0.25, 0.3) is 5.91 Å². The molecular weight excluding hydrogens is 118 g/mol. The number of likely N-dealkylation sites (N-methyl/N-ethyl adjacent to an activating group) is 1. The Hall–Kier alpha value is -0.570. The van der Waals surface area contributed by atoms with Crippen molar-refractivity contribution in [1.82, 2.24) is 4.90 Å². The van der Waals surface area contributed by atoms with Crippen LogP contribution in [0.4, 0.5) is 0 Å². The van der Waals surface area contributed by atoms with Gasteiger partial charge in [0, 0.05) is 21.2 Å². The number of hydrogen-bond acceptors (Lipinski definition) is 2. The van der Waals surface area contributed by atoms with Crippen molar-refractivity contribution >= 4 is 5.91 Å². The lowest BCUT2D eigenvalue weighted by Gasteiger charge is -2.14. The Morgan fingerprint density at radius 3 is 2.11 bits per heavy atom. The molecule has 0 spiro atoms. The second kappa shape index (κ2) is 3.45. The van der Waals surface area contributed by atoms with E-state index < -0.39 is 0 Å². The summed E-state index contributed by atoms with van der Waals surface area (Å²) in [5.74, 6) is -0.00231. The van der Waals surface area contributed by atoms with Gasteiger partial charge in [-0.1, -0.05) is 0 Å². The lowest BCUT2D eigenvalue weighted by molar-refractivity contribution is -0.138. The van der Waals surface area contributed by atoms with Crippen molar-refractivity contribution in [2.45, 2.75) is 13.0 Å². The van der Waals surface area contributed by atoms with E-state index in [1.807, 2.05) is 0 Å². The van der Waals surface area contributed by atoms with Crippen molar-refractivity contribution < 1.29 is 9.53 Å². The van der Waals surface area contributed by atoms with E-state index in [1.165, 1.54) is 12.0 Å². The van der Waals surface area contributed by atoms with Gasteiger partial charge in [0.05, 0.1) is 0 Å². The first kappa shape index (κ1) is 8.43. The third-order valence-electron chi connectivity index (χ3n) is 1.14. The predicted molar refractivity (Wildman–Crippen MR) is 35.2 cm³/mol. The average Bonchev–Trinajstić information content (AvgIpc) is 1.84.